The highest BCUT2D eigenvalue weighted by molar-refractivity contribution is 5.85. The van der Waals surface area contributed by atoms with Gasteiger partial charge in [0.25, 0.3) is 0 Å². The van der Waals surface area contributed by atoms with Crippen molar-refractivity contribution >= 4 is 12.4 Å². The summed E-state index contributed by atoms with van der Waals surface area (Å²) < 4.78 is 7.27. The SMILES string of the molecule is CNC1CCCN(Cc2c(C)nn(C)c2OC)C1.Cl. The van der Waals surface area contributed by atoms with E-state index in [4.69, 9.17) is 4.74 Å². The van der Waals surface area contributed by atoms with Gasteiger partial charge in [-0.15, -0.1) is 12.4 Å². The van der Waals surface area contributed by atoms with E-state index in [-0.39, 0.29) is 12.4 Å². The first-order chi connectivity index (χ1) is 8.65. The predicted molar refractivity (Wildman–Crippen MR) is 79.1 cm³/mol. The van der Waals surface area contributed by atoms with Crippen molar-refractivity contribution in [3.63, 3.8) is 0 Å². The van der Waals surface area contributed by atoms with Gasteiger partial charge in [0.15, 0.2) is 0 Å². The quantitative estimate of drug-likeness (QED) is 0.908. The average molecular weight is 289 g/mol. The zero-order valence-electron chi connectivity index (χ0n) is 12.3. The lowest BCUT2D eigenvalue weighted by atomic mass is 10.1. The van der Waals surface area contributed by atoms with Crippen LogP contribution in [0.15, 0.2) is 0 Å². The van der Waals surface area contributed by atoms with Crippen molar-refractivity contribution in [3.05, 3.63) is 11.3 Å². The molecule has 1 atom stereocenters. The van der Waals surface area contributed by atoms with Gasteiger partial charge in [0.2, 0.25) is 5.88 Å². The second-order valence-corrected chi connectivity index (χ2v) is 5.06. The van der Waals surface area contributed by atoms with E-state index >= 15 is 0 Å². The van der Waals surface area contributed by atoms with Crippen LogP contribution in [0.25, 0.3) is 0 Å². The molecular formula is C13H25ClN4O. The summed E-state index contributed by atoms with van der Waals surface area (Å²) in [6.07, 6.45) is 2.53. The Balaban J connectivity index is 0.00000180. The number of piperidine rings is 1. The van der Waals surface area contributed by atoms with Gasteiger partial charge in [0.05, 0.1) is 18.4 Å². The van der Waals surface area contributed by atoms with Crippen LogP contribution in [0.1, 0.15) is 24.1 Å². The molecule has 6 heteroatoms. The molecule has 19 heavy (non-hydrogen) atoms. The molecule has 1 saturated heterocycles. The number of likely N-dealkylation sites (tertiary alicyclic amines) is 1. The van der Waals surface area contributed by atoms with Crippen LogP contribution in [-0.4, -0.2) is 48.0 Å². The molecule has 1 aliphatic rings. The Morgan fingerprint density at radius 1 is 1.47 bits per heavy atom. The molecule has 0 aromatic carbocycles. The molecule has 1 fully saturated rings. The van der Waals surface area contributed by atoms with Gasteiger partial charge in [-0.2, -0.15) is 5.10 Å². The summed E-state index contributed by atoms with van der Waals surface area (Å²) >= 11 is 0. The zero-order chi connectivity index (χ0) is 13.1. The molecule has 0 aliphatic carbocycles. The standard InChI is InChI=1S/C13H24N4O.ClH/c1-10-12(13(18-4)16(3)15-10)9-17-7-5-6-11(8-17)14-2;/h11,14H,5-9H2,1-4H3;1H. The van der Waals surface area contributed by atoms with Gasteiger partial charge in [0.1, 0.15) is 0 Å². The van der Waals surface area contributed by atoms with Gasteiger partial charge in [-0.1, -0.05) is 0 Å². The van der Waals surface area contributed by atoms with Crippen LogP contribution < -0.4 is 10.1 Å². The lowest BCUT2D eigenvalue weighted by Crippen LogP contribution is -2.43. The number of aryl methyl sites for hydroxylation is 2. The number of hydrogen-bond donors (Lipinski definition) is 1. The van der Waals surface area contributed by atoms with Crippen LogP contribution in [0.4, 0.5) is 0 Å². The van der Waals surface area contributed by atoms with Gasteiger partial charge >= 0.3 is 0 Å². The second-order valence-electron chi connectivity index (χ2n) is 5.06. The minimum atomic E-state index is 0. The molecule has 1 aromatic rings. The Morgan fingerprint density at radius 3 is 2.84 bits per heavy atom. The maximum absolute atomic E-state index is 5.45. The Bertz CT molecular complexity index is 408. The van der Waals surface area contributed by atoms with E-state index in [1.165, 1.54) is 18.4 Å². The van der Waals surface area contributed by atoms with E-state index in [1.807, 2.05) is 18.8 Å². The predicted octanol–water partition coefficient (Wildman–Crippen LogP) is 1.34. The fourth-order valence-corrected chi connectivity index (χ4v) is 2.78. The molecule has 1 aromatic heterocycles. The monoisotopic (exact) mass is 288 g/mol. The second kappa shape index (κ2) is 7.12. The van der Waals surface area contributed by atoms with Crippen molar-refractivity contribution < 1.29 is 4.74 Å². The summed E-state index contributed by atoms with van der Waals surface area (Å²) in [6.45, 7) is 5.25. The van der Waals surface area contributed by atoms with Crippen LogP contribution in [0.3, 0.4) is 0 Å². The normalized spacial score (nSPS) is 20.1. The van der Waals surface area contributed by atoms with Gasteiger partial charge in [-0.05, 0) is 33.4 Å². The van der Waals surface area contributed by atoms with Gasteiger partial charge in [-0.3, -0.25) is 4.90 Å². The molecule has 1 unspecified atom stereocenters. The topological polar surface area (TPSA) is 42.3 Å². The highest BCUT2D eigenvalue weighted by Crippen LogP contribution is 2.24. The van der Waals surface area contributed by atoms with Crippen LogP contribution in [0, 0.1) is 6.92 Å². The third-order valence-electron chi connectivity index (χ3n) is 3.78. The first kappa shape index (κ1) is 16.3. The number of likely N-dealkylation sites (N-methyl/N-ethyl adjacent to an activating group) is 1. The third kappa shape index (κ3) is 3.61. The lowest BCUT2D eigenvalue weighted by molar-refractivity contribution is 0.185. The van der Waals surface area contributed by atoms with Gasteiger partial charge in [0, 0.05) is 26.2 Å². The molecule has 2 rings (SSSR count). The minimum absolute atomic E-state index is 0. The molecule has 5 nitrogen and oxygen atoms in total. The number of halogens is 1. The Kier molecular flexibility index (Phi) is 6.10. The Morgan fingerprint density at radius 2 is 2.21 bits per heavy atom. The summed E-state index contributed by atoms with van der Waals surface area (Å²) in [5.74, 6) is 0.888. The zero-order valence-corrected chi connectivity index (χ0v) is 13.1. The molecule has 1 N–H and O–H groups in total. The Labute approximate surface area is 121 Å². The fourth-order valence-electron chi connectivity index (χ4n) is 2.78. The maximum atomic E-state index is 5.45. The van der Waals surface area contributed by atoms with E-state index in [1.54, 1.807) is 7.11 Å². The minimum Gasteiger partial charge on any atom is -0.481 e. The van der Waals surface area contributed by atoms with Crippen molar-refractivity contribution in [3.8, 4) is 5.88 Å². The molecular weight excluding hydrogens is 264 g/mol. The average Bonchev–Trinajstić information content (AvgIpc) is 2.64. The van der Waals surface area contributed by atoms with Crippen LogP contribution in [0.5, 0.6) is 5.88 Å². The summed E-state index contributed by atoms with van der Waals surface area (Å²) in [6, 6.07) is 0.613. The number of aromatic nitrogens is 2. The van der Waals surface area contributed by atoms with Crippen molar-refractivity contribution in [2.45, 2.75) is 32.4 Å². The largest absolute Gasteiger partial charge is 0.481 e. The lowest BCUT2D eigenvalue weighted by Gasteiger charge is -2.32. The summed E-state index contributed by atoms with van der Waals surface area (Å²) in [5.41, 5.74) is 2.29. The van der Waals surface area contributed by atoms with E-state index in [0.29, 0.717) is 6.04 Å². The number of nitrogens with zero attached hydrogens (tertiary/aromatic N) is 3. The number of ether oxygens (including phenoxy) is 1. The molecule has 0 bridgehead atoms. The molecule has 0 saturated carbocycles. The highest BCUT2D eigenvalue weighted by Gasteiger charge is 2.22. The third-order valence-corrected chi connectivity index (χ3v) is 3.78. The molecule has 0 amide bonds. The molecule has 110 valence electrons. The van der Waals surface area contributed by atoms with Crippen LogP contribution in [-0.2, 0) is 13.6 Å². The fraction of sp³-hybridized carbons (Fsp3) is 0.769. The number of methoxy groups -OCH3 is 1. The molecule has 0 spiro atoms. The highest BCUT2D eigenvalue weighted by atomic mass is 35.5. The van der Waals surface area contributed by atoms with Crippen molar-refractivity contribution in [2.75, 3.05) is 27.2 Å². The molecule has 1 aliphatic heterocycles. The van der Waals surface area contributed by atoms with Crippen molar-refractivity contribution in [1.82, 2.24) is 20.0 Å². The van der Waals surface area contributed by atoms with E-state index in [0.717, 1.165) is 31.2 Å². The van der Waals surface area contributed by atoms with Crippen molar-refractivity contribution in [2.24, 2.45) is 7.05 Å². The number of rotatable bonds is 4. The van der Waals surface area contributed by atoms with Crippen LogP contribution >= 0.6 is 12.4 Å². The molecule has 2 heterocycles. The van der Waals surface area contributed by atoms with E-state index in [2.05, 4.69) is 22.2 Å². The Hall–Kier alpha value is -0.780. The van der Waals surface area contributed by atoms with Crippen LogP contribution in [0.2, 0.25) is 0 Å². The maximum Gasteiger partial charge on any atom is 0.216 e. The number of nitrogens with one attached hydrogen (secondary N) is 1. The smallest absolute Gasteiger partial charge is 0.216 e. The van der Waals surface area contributed by atoms with Crippen molar-refractivity contribution in [1.29, 1.82) is 0 Å². The molecule has 0 radical (unpaired) electrons. The van der Waals surface area contributed by atoms with E-state index < -0.39 is 0 Å². The van der Waals surface area contributed by atoms with Gasteiger partial charge in [-0.25, -0.2) is 4.68 Å². The number of hydrogen-bond acceptors (Lipinski definition) is 4. The summed E-state index contributed by atoms with van der Waals surface area (Å²) in [4.78, 5) is 2.48. The summed E-state index contributed by atoms with van der Waals surface area (Å²) in [7, 11) is 5.69. The van der Waals surface area contributed by atoms with Gasteiger partial charge < -0.3 is 10.1 Å². The first-order valence-corrected chi connectivity index (χ1v) is 6.61. The first-order valence-electron chi connectivity index (χ1n) is 6.61. The van der Waals surface area contributed by atoms with E-state index in [9.17, 15) is 0 Å². The summed E-state index contributed by atoms with van der Waals surface area (Å²) in [5, 5.41) is 7.81.